The fourth-order valence-electron chi connectivity index (χ4n) is 6.95. The van der Waals surface area contributed by atoms with Gasteiger partial charge < -0.3 is 28.4 Å². The zero-order chi connectivity index (χ0) is 40.5. The highest BCUT2D eigenvalue weighted by Crippen LogP contribution is 2.34. The number of ether oxygens (including phenoxy) is 6. The van der Waals surface area contributed by atoms with E-state index in [-0.39, 0.29) is 18.7 Å². The number of hydrazone groups is 1. The number of para-hydroxylation sites is 1. The Morgan fingerprint density at radius 3 is 2.50 bits per heavy atom. The van der Waals surface area contributed by atoms with E-state index >= 15 is 0 Å². The van der Waals surface area contributed by atoms with Gasteiger partial charge in [-0.1, -0.05) is 67.7 Å². The Balaban J connectivity index is 1.09. The Morgan fingerprint density at radius 1 is 0.966 bits per heavy atom. The van der Waals surface area contributed by atoms with Crippen molar-refractivity contribution in [2.24, 2.45) is 22.9 Å². The summed E-state index contributed by atoms with van der Waals surface area (Å²) in [4.78, 5) is 29.1. The fraction of sp³-hybridized carbons (Fsp3) is 0.391. The summed E-state index contributed by atoms with van der Waals surface area (Å²) in [6, 6.07) is 21.0. The molecule has 0 spiro atoms. The SMILES string of the molecule is C=CC(=O)OCOc1ccc(OC(=O)C2CCC(COc3ccc(C4=CCC(CCC)C=C4)c(/C=N/N(CCOCCOC)c4nc5ccccc5s4)c3)CC2)cc1. The standard InChI is InChI=1S/C46H53N3O8S/c1-4-8-33-11-15-35(16-12-33)41-24-23-40(29-37(41)30-47-49(25-26-53-28-27-52-3)46-48-42-9-6-7-10-43(42)58-46)54-31-34-13-17-36(18-14-34)45(51)57-39-21-19-38(20-22-39)55-32-56-44(50)5-2/h5-7,9-11,15-16,19-24,29-30,33-34,36H,2,4,8,12-14,17-18,25-28,31-32H2,1,3H3/b47-30+. The lowest BCUT2D eigenvalue weighted by atomic mass is 9.82. The third-order valence-electron chi connectivity index (χ3n) is 10.2. The first kappa shape index (κ1) is 42.3. The van der Waals surface area contributed by atoms with Crippen LogP contribution >= 0.6 is 11.3 Å². The largest absolute Gasteiger partial charge is 0.493 e. The number of hydrogen-bond acceptors (Lipinski definition) is 12. The van der Waals surface area contributed by atoms with E-state index in [0.717, 1.165) is 76.8 Å². The maximum absolute atomic E-state index is 13.0. The van der Waals surface area contributed by atoms with E-state index in [9.17, 15) is 9.59 Å². The van der Waals surface area contributed by atoms with Crippen molar-refractivity contribution in [1.29, 1.82) is 0 Å². The molecule has 2 aliphatic rings. The molecule has 12 heteroatoms. The van der Waals surface area contributed by atoms with Crippen LogP contribution in [0.15, 0.2) is 103 Å². The number of thiazole rings is 1. The molecular formula is C46H53N3O8S. The summed E-state index contributed by atoms with van der Waals surface area (Å²) in [7, 11) is 1.67. The van der Waals surface area contributed by atoms with Crippen LogP contribution in [0.1, 0.15) is 63.0 Å². The second kappa shape index (κ2) is 22.0. The third kappa shape index (κ3) is 12.3. The molecule has 1 saturated carbocycles. The smallest absolute Gasteiger partial charge is 0.333 e. The average Bonchev–Trinajstić information content (AvgIpc) is 3.69. The van der Waals surface area contributed by atoms with Gasteiger partial charge in [-0.15, -0.1) is 0 Å². The maximum Gasteiger partial charge on any atom is 0.333 e. The molecule has 1 fully saturated rings. The molecule has 0 N–H and O–H groups in total. The molecule has 0 bridgehead atoms. The molecule has 1 unspecified atom stereocenters. The summed E-state index contributed by atoms with van der Waals surface area (Å²) >= 11 is 1.60. The van der Waals surface area contributed by atoms with Gasteiger partial charge >= 0.3 is 11.9 Å². The number of allylic oxidation sites excluding steroid dienone is 4. The van der Waals surface area contributed by atoms with Crippen molar-refractivity contribution in [3.63, 3.8) is 0 Å². The molecule has 306 valence electrons. The number of nitrogens with zero attached hydrogens (tertiary/aromatic N) is 3. The number of methoxy groups -OCH3 is 1. The van der Waals surface area contributed by atoms with E-state index in [1.807, 2.05) is 35.5 Å². The molecule has 3 aromatic carbocycles. The molecule has 1 heterocycles. The van der Waals surface area contributed by atoms with Crippen LogP contribution in [0.4, 0.5) is 5.13 Å². The van der Waals surface area contributed by atoms with Gasteiger partial charge in [0.05, 0.1) is 55.3 Å². The molecular weight excluding hydrogens is 755 g/mol. The van der Waals surface area contributed by atoms with Gasteiger partial charge in [0.15, 0.2) is 0 Å². The topological polar surface area (TPSA) is 118 Å². The summed E-state index contributed by atoms with van der Waals surface area (Å²) in [6.45, 7) is 7.94. The van der Waals surface area contributed by atoms with E-state index in [4.69, 9.17) is 38.5 Å². The molecule has 1 aromatic heterocycles. The second-order valence-electron chi connectivity index (χ2n) is 14.3. The Hall–Kier alpha value is -5.30. The Labute approximate surface area is 344 Å². The summed E-state index contributed by atoms with van der Waals surface area (Å²) in [6.07, 6.45) is 16.4. The number of hydrogen-bond donors (Lipinski definition) is 0. The predicted molar refractivity (Wildman–Crippen MR) is 229 cm³/mol. The maximum atomic E-state index is 13.0. The zero-order valence-corrected chi connectivity index (χ0v) is 34.2. The van der Waals surface area contributed by atoms with Gasteiger partial charge in [0.25, 0.3) is 0 Å². The number of esters is 2. The second-order valence-corrected chi connectivity index (χ2v) is 15.3. The number of anilines is 1. The van der Waals surface area contributed by atoms with Crippen molar-refractivity contribution >= 4 is 50.4 Å². The number of carbonyl (C=O) groups excluding carboxylic acids is 2. The van der Waals surface area contributed by atoms with Crippen molar-refractivity contribution in [1.82, 2.24) is 4.98 Å². The first-order chi connectivity index (χ1) is 28.4. The Morgan fingerprint density at radius 2 is 1.76 bits per heavy atom. The van der Waals surface area contributed by atoms with E-state index in [0.29, 0.717) is 56.3 Å². The van der Waals surface area contributed by atoms with E-state index in [2.05, 4.69) is 49.9 Å². The van der Waals surface area contributed by atoms with Gasteiger partial charge in [0.2, 0.25) is 11.9 Å². The molecule has 0 aliphatic heterocycles. The van der Waals surface area contributed by atoms with Crippen LogP contribution in [0.3, 0.4) is 0 Å². The first-order valence-corrected chi connectivity index (χ1v) is 20.9. The van der Waals surface area contributed by atoms with E-state index in [1.165, 1.54) is 12.0 Å². The van der Waals surface area contributed by atoms with Crippen LogP contribution in [-0.2, 0) is 23.8 Å². The lowest BCUT2D eigenvalue weighted by Crippen LogP contribution is -2.27. The highest BCUT2D eigenvalue weighted by atomic mass is 32.1. The van der Waals surface area contributed by atoms with E-state index in [1.54, 1.807) is 42.7 Å². The number of benzene rings is 3. The summed E-state index contributed by atoms with van der Waals surface area (Å²) in [5, 5.41) is 7.73. The van der Waals surface area contributed by atoms with Crippen LogP contribution in [-0.4, -0.2) is 70.0 Å². The quantitative estimate of drug-likeness (QED) is 0.0153. The predicted octanol–water partition coefficient (Wildman–Crippen LogP) is 9.42. The summed E-state index contributed by atoms with van der Waals surface area (Å²) in [5.74, 6) is 1.60. The number of aromatic nitrogens is 1. The van der Waals surface area contributed by atoms with Crippen molar-refractivity contribution in [3.8, 4) is 17.2 Å². The van der Waals surface area contributed by atoms with Gasteiger partial charge in [-0.2, -0.15) is 5.10 Å². The fourth-order valence-corrected chi connectivity index (χ4v) is 7.90. The van der Waals surface area contributed by atoms with Crippen LogP contribution in [0.25, 0.3) is 15.8 Å². The van der Waals surface area contributed by atoms with Gasteiger partial charge in [-0.25, -0.2) is 14.8 Å². The molecule has 4 aromatic rings. The summed E-state index contributed by atoms with van der Waals surface area (Å²) < 4.78 is 34.4. The summed E-state index contributed by atoms with van der Waals surface area (Å²) in [5.41, 5.74) is 4.16. The Bertz CT molecular complexity index is 2020. The van der Waals surface area contributed by atoms with Gasteiger partial charge in [-0.3, -0.25) is 4.79 Å². The van der Waals surface area contributed by atoms with Crippen LogP contribution < -0.4 is 19.2 Å². The minimum atomic E-state index is -0.567. The van der Waals surface area contributed by atoms with Crippen molar-refractivity contribution in [3.05, 3.63) is 109 Å². The molecule has 11 nitrogen and oxygen atoms in total. The van der Waals surface area contributed by atoms with Crippen LogP contribution in [0.5, 0.6) is 17.2 Å². The first-order valence-electron chi connectivity index (χ1n) is 20.1. The lowest BCUT2D eigenvalue weighted by molar-refractivity contribution is -0.144. The third-order valence-corrected chi connectivity index (χ3v) is 11.3. The number of carbonyl (C=O) groups is 2. The van der Waals surface area contributed by atoms with Crippen molar-refractivity contribution in [2.45, 2.75) is 51.9 Å². The molecule has 0 saturated heterocycles. The van der Waals surface area contributed by atoms with Gasteiger partial charge in [0.1, 0.15) is 17.2 Å². The van der Waals surface area contributed by atoms with E-state index < -0.39 is 5.97 Å². The normalized spacial score (nSPS) is 17.8. The molecule has 0 amide bonds. The van der Waals surface area contributed by atoms with Crippen LogP contribution in [0.2, 0.25) is 0 Å². The molecule has 6 rings (SSSR count). The highest BCUT2D eigenvalue weighted by molar-refractivity contribution is 7.22. The monoisotopic (exact) mass is 807 g/mol. The average molecular weight is 808 g/mol. The molecule has 58 heavy (non-hydrogen) atoms. The number of rotatable bonds is 21. The molecule has 0 radical (unpaired) electrons. The van der Waals surface area contributed by atoms with Gasteiger partial charge in [0, 0.05) is 18.7 Å². The zero-order valence-electron chi connectivity index (χ0n) is 33.4. The lowest BCUT2D eigenvalue weighted by Gasteiger charge is -2.27. The van der Waals surface area contributed by atoms with Crippen LogP contribution in [0, 0.1) is 17.8 Å². The molecule has 1 atom stereocenters. The van der Waals surface area contributed by atoms with Crippen molar-refractivity contribution in [2.75, 3.05) is 51.9 Å². The highest BCUT2D eigenvalue weighted by Gasteiger charge is 2.28. The van der Waals surface area contributed by atoms with Crippen molar-refractivity contribution < 1.29 is 38.0 Å². The minimum Gasteiger partial charge on any atom is -0.493 e. The number of fused-ring (bicyclic) bond motifs is 1. The van der Waals surface area contributed by atoms with Gasteiger partial charge in [-0.05, 0) is 110 Å². The molecule has 2 aliphatic carbocycles. The minimum absolute atomic E-state index is 0.176. The Kier molecular flexibility index (Phi) is 16.1.